The van der Waals surface area contributed by atoms with Crippen LogP contribution in [-0.2, 0) is 6.42 Å². The Hall–Kier alpha value is -2.59. The first-order valence-corrected chi connectivity index (χ1v) is 9.68. The maximum atomic E-state index is 12.9. The molecule has 1 aliphatic heterocycles. The maximum absolute atomic E-state index is 12.9. The van der Waals surface area contributed by atoms with Crippen molar-refractivity contribution < 1.29 is 9.53 Å². The monoisotopic (exact) mass is 362 g/mol. The highest BCUT2D eigenvalue weighted by molar-refractivity contribution is 6.10. The number of ketones is 1. The molecule has 0 atom stereocenters. The molecule has 1 fully saturated rings. The first kappa shape index (κ1) is 17.8. The van der Waals surface area contributed by atoms with E-state index in [9.17, 15) is 4.79 Å². The molecule has 0 amide bonds. The van der Waals surface area contributed by atoms with Gasteiger partial charge in [-0.3, -0.25) is 9.69 Å². The lowest BCUT2D eigenvalue weighted by Gasteiger charge is -2.31. The molecule has 4 rings (SSSR count). The van der Waals surface area contributed by atoms with Crippen molar-refractivity contribution in [2.75, 3.05) is 26.7 Å². The van der Waals surface area contributed by atoms with Crippen LogP contribution < -0.4 is 4.74 Å². The van der Waals surface area contributed by atoms with E-state index in [2.05, 4.69) is 40.2 Å². The van der Waals surface area contributed by atoms with Gasteiger partial charge in [-0.25, -0.2) is 0 Å². The fourth-order valence-corrected chi connectivity index (χ4v) is 4.13. The number of hydrogen-bond donors (Lipinski definition) is 1. The Kier molecular flexibility index (Phi) is 5.26. The van der Waals surface area contributed by atoms with Crippen molar-refractivity contribution in [1.82, 2.24) is 9.88 Å². The van der Waals surface area contributed by atoms with E-state index in [1.165, 1.54) is 5.56 Å². The van der Waals surface area contributed by atoms with Crippen molar-refractivity contribution in [3.63, 3.8) is 0 Å². The zero-order valence-corrected chi connectivity index (χ0v) is 15.8. The molecule has 0 spiro atoms. The van der Waals surface area contributed by atoms with Crippen molar-refractivity contribution in [3.8, 4) is 5.75 Å². The number of aromatic nitrogens is 1. The number of nitrogens with one attached hydrogen (secondary N) is 1. The van der Waals surface area contributed by atoms with Crippen LogP contribution in [0.4, 0.5) is 0 Å². The van der Waals surface area contributed by atoms with Crippen molar-refractivity contribution >= 4 is 16.7 Å². The topological polar surface area (TPSA) is 45.3 Å². The van der Waals surface area contributed by atoms with Crippen LogP contribution in [0.25, 0.3) is 10.9 Å². The number of rotatable bonds is 6. The number of H-pyrrole nitrogens is 1. The highest BCUT2D eigenvalue weighted by atomic mass is 16.5. The number of carbonyl (C=O) groups excluding carboxylic acids is 1. The molecule has 1 aromatic heterocycles. The number of fused-ring (bicyclic) bond motifs is 1. The zero-order valence-electron chi connectivity index (χ0n) is 15.8. The first-order chi connectivity index (χ1) is 13.2. The van der Waals surface area contributed by atoms with Gasteiger partial charge in [-0.2, -0.15) is 0 Å². The lowest BCUT2D eigenvalue weighted by atomic mass is 9.90. The predicted octanol–water partition coefficient (Wildman–Crippen LogP) is 4.31. The molecule has 3 aromatic rings. The molecule has 140 valence electrons. The van der Waals surface area contributed by atoms with Gasteiger partial charge in [0.1, 0.15) is 5.75 Å². The molecular weight excluding hydrogens is 336 g/mol. The molecule has 1 N–H and O–H groups in total. The van der Waals surface area contributed by atoms with Crippen molar-refractivity contribution in [2.24, 2.45) is 5.92 Å². The highest BCUT2D eigenvalue weighted by Crippen LogP contribution is 2.29. The summed E-state index contributed by atoms with van der Waals surface area (Å²) >= 11 is 0. The van der Waals surface area contributed by atoms with Gasteiger partial charge in [0.2, 0.25) is 0 Å². The molecule has 4 nitrogen and oxygen atoms in total. The number of Topliss-reactive ketones (excluding diaryl/α,β-unsaturated/α-hetero) is 1. The summed E-state index contributed by atoms with van der Waals surface area (Å²) in [5.74, 6) is 1.62. The summed E-state index contributed by atoms with van der Waals surface area (Å²) in [6.07, 6.45) is 5.26. The summed E-state index contributed by atoms with van der Waals surface area (Å²) < 4.78 is 5.45. The van der Waals surface area contributed by atoms with Crippen molar-refractivity contribution in [2.45, 2.75) is 19.3 Å². The molecule has 1 saturated heterocycles. The lowest BCUT2D eigenvalue weighted by Crippen LogP contribution is -2.37. The minimum absolute atomic E-state index is 0.159. The van der Waals surface area contributed by atoms with Gasteiger partial charge >= 0.3 is 0 Å². The number of likely N-dealkylation sites (tertiary alicyclic amines) is 1. The molecule has 1 aliphatic rings. The number of nitrogens with zero attached hydrogens (tertiary/aromatic N) is 1. The maximum Gasteiger partial charge on any atom is 0.179 e. The average Bonchev–Trinajstić information content (AvgIpc) is 3.15. The second kappa shape index (κ2) is 7.97. The highest BCUT2D eigenvalue weighted by Gasteiger charge is 2.23. The van der Waals surface area contributed by atoms with Crippen LogP contribution in [0.2, 0.25) is 0 Å². The average molecular weight is 362 g/mol. The molecule has 0 saturated carbocycles. The molecule has 4 heteroatoms. The van der Waals surface area contributed by atoms with Crippen LogP contribution in [-0.4, -0.2) is 42.4 Å². The summed E-state index contributed by atoms with van der Waals surface area (Å²) in [6.45, 7) is 2.45. The number of ether oxygens (including phenoxy) is 1. The second-order valence-corrected chi connectivity index (χ2v) is 7.42. The first-order valence-electron chi connectivity index (χ1n) is 9.68. The smallest absolute Gasteiger partial charge is 0.179 e. The third-order valence-electron chi connectivity index (χ3n) is 5.63. The fraction of sp³-hybridized carbons (Fsp3) is 0.348. The molecule has 2 heterocycles. The van der Waals surface area contributed by atoms with E-state index in [0.29, 0.717) is 12.5 Å². The van der Waals surface area contributed by atoms with Crippen molar-refractivity contribution in [3.05, 3.63) is 65.9 Å². The van der Waals surface area contributed by atoms with E-state index in [1.807, 2.05) is 24.4 Å². The summed E-state index contributed by atoms with van der Waals surface area (Å²) in [5.41, 5.74) is 3.09. The Morgan fingerprint density at radius 2 is 1.89 bits per heavy atom. The quantitative estimate of drug-likeness (QED) is 0.665. The van der Waals surface area contributed by atoms with E-state index in [-0.39, 0.29) is 5.78 Å². The molecule has 0 radical (unpaired) electrons. The standard InChI is InChI=1S/C23H26N2O2/c1-27-22-9-5-8-20-23(22)19(15-24-20)21(26)16-25-12-10-18(11-13-25)14-17-6-3-2-4-7-17/h2-9,15,18,24H,10-14,16H2,1H3. The van der Waals surface area contributed by atoms with Crippen LogP contribution >= 0.6 is 0 Å². The van der Waals surface area contributed by atoms with Gasteiger partial charge in [0.05, 0.1) is 19.0 Å². The van der Waals surface area contributed by atoms with E-state index in [1.54, 1.807) is 7.11 Å². The van der Waals surface area contributed by atoms with Crippen LogP contribution in [0.5, 0.6) is 5.75 Å². The molecule has 0 bridgehead atoms. The van der Waals surface area contributed by atoms with Gasteiger partial charge in [0, 0.05) is 17.3 Å². The van der Waals surface area contributed by atoms with E-state index in [4.69, 9.17) is 4.74 Å². The number of benzene rings is 2. The van der Waals surface area contributed by atoms with Crippen LogP contribution in [0.3, 0.4) is 0 Å². The predicted molar refractivity (Wildman–Crippen MR) is 108 cm³/mol. The number of methoxy groups -OCH3 is 1. The number of piperidine rings is 1. The Balaban J connectivity index is 1.37. The zero-order chi connectivity index (χ0) is 18.6. The van der Waals surface area contributed by atoms with Crippen molar-refractivity contribution in [1.29, 1.82) is 0 Å². The second-order valence-electron chi connectivity index (χ2n) is 7.42. The number of hydrogen-bond acceptors (Lipinski definition) is 3. The SMILES string of the molecule is COc1cccc2[nH]cc(C(=O)CN3CCC(Cc4ccccc4)CC3)c12. The Bertz CT molecular complexity index is 909. The van der Waals surface area contributed by atoms with Crippen LogP contribution in [0.15, 0.2) is 54.7 Å². The minimum atomic E-state index is 0.159. The van der Waals surface area contributed by atoms with Gasteiger partial charge in [0.25, 0.3) is 0 Å². The van der Waals surface area contributed by atoms with Gasteiger partial charge in [0.15, 0.2) is 5.78 Å². The molecule has 27 heavy (non-hydrogen) atoms. The molecule has 0 unspecified atom stereocenters. The normalized spacial score (nSPS) is 15.9. The number of carbonyl (C=O) groups is 1. The third-order valence-corrected chi connectivity index (χ3v) is 5.63. The Morgan fingerprint density at radius 1 is 1.11 bits per heavy atom. The molecular formula is C23H26N2O2. The molecule has 0 aliphatic carbocycles. The van der Waals surface area contributed by atoms with Gasteiger partial charge in [-0.15, -0.1) is 0 Å². The van der Waals surface area contributed by atoms with Crippen LogP contribution in [0, 0.1) is 5.92 Å². The van der Waals surface area contributed by atoms with Crippen LogP contribution in [0.1, 0.15) is 28.8 Å². The van der Waals surface area contributed by atoms with E-state index >= 15 is 0 Å². The van der Waals surface area contributed by atoms with E-state index in [0.717, 1.165) is 54.6 Å². The summed E-state index contributed by atoms with van der Waals surface area (Å²) in [6, 6.07) is 16.5. The Labute approximate surface area is 160 Å². The van der Waals surface area contributed by atoms with Gasteiger partial charge < -0.3 is 9.72 Å². The fourth-order valence-electron chi connectivity index (χ4n) is 4.13. The number of aromatic amines is 1. The largest absolute Gasteiger partial charge is 0.496 e. The summed E-state index contributed by atoms with van der Waals surface area (Å²) in [7, 11) is 1.65. The minimum Gasteiger partial charge on any atom is -0.496 e. The van der Waals surface area contributed by atoms with Gasteiger partial charge in [-0.05, 0) is 56.0 Å². The molecule has 2 aromatic carbocycles. The summed E-state index contributed by atoms with van der Waals surface area (Å²) in [5, 5.41) is 0.893. The van der Waals surface area contributed by atoms with E-state index < -0.39 is 0 Å². The third kappa shape index (κ3) is 3.91. The van der Waals surface area contributed by atoms with Gasteiger partial charge in [-0.1, -0.05) is 36.4 Å². The Morgan fingerprint density at radius 3 is 2.63 bits per heavy atom. The lowest BCUT2D eigenvalue weighted by molar-refractivity contribution is 0.0897. The summed E-state index contributed by atoms with van der Waals surface area (Å²) in [4.78, 5) is 18.4.